The maximum absolute atomic E-state index is 10.2. The van der Waals surface area contributed by atoms with Gasteiger partial charge in [-0.2, -0.15) is 0 Å². The molecule has 2 nitrogen and oxygen atoms in total. The zero-order valence-electron chi connectivity index (χ0n) is 6.97. The van der Waals surface area contributed by atoms with Crippen LogP contribution in [0.1, 0.15) is 6.92 Å². The van der Waals surface area contributed by atoms with E-state index in [9.17, 15) is 4.79 Å². The van der Waals surface area contributed by atoms with Crippen LogP contribution in [0.25, 0.3) is 0 Å². The van der Waals surface area contributed by atoms with Crippen molar-refractivity contribution >= 4 is 17.0 Å². The maximum atomic E-state index is 10.2. The molecule has 0 aromatic carbocycles. The van der Waals surface area contributed by atoms with Crippen molar-refractivity contribution in [1.82, 2.24) is 0 Å². The molecule has 0 heterocycles. The van der Waals surface area contributed by atoms with Crippen molar-refractivity contribution in [2.24, 2.45) is 0 Å². The first-order valence-corrected chi connectivity index (χ1v) is 3.75. The average Bonchev–Trinajstić information content (AvgIpc) is 1.97. The third-order valence-electron chi connectivity index (χ3n) is 1.05. The predicted molar refractivity (Wildman–Crippen MR) is 50.3 cm³/mol. The molecule has 0 fully saturated rings. The molecular formula is C9H11ClO2. The number of rotatable bonds is 4. The topological polar surface area (TPSA) is 26.3 Å². The SMILES string of the molecule is C=C/C(=C\C(=C)C)COC(=O)Cl. The standard InChI is InChI=1S/C9H11ClO2/c1-4-8(5-7(2)3)6-12-9(10)11/h4-5H,1-2,6H2,3H3/b8-5+. The van der Waals surface area contributed by atoms with Crippen LogP contribution in [0.3, 0.4) is 0 Å². The first-order valence-electron chi connectivity index (χ1n) is 3.37. The Balaban J connectivity index is 4.09. The molecule has 12 heavy (non-hydrogen) atoms. The summed E-state index contributed by atoms with van der Waals surface area (Å²) in [4.78, 5) is 10.2. The van der Waals surface area contributed by atoms with Crippen LogP contribution < -0.4 is 0 Å². The Morgan fingerprint density at radius 3 is 2.58 bits per heavy atom. The number of carbonyl (C=O) groups is 1. The molecule has 0 aliphatic carbocycles. The van der Waals surface area contributed by atoms with Crippen LogP contribution in [0.2, 0.25) is 0 Å². The zero-order chi connectivity index (χ0) is 9.56. The Bertz CT molecular complexity index is 229. The molecule has 0 radical (unpaired) electrons. The molecule has 66 valence electrons. The Morgan fingerprint density at radius 2 is 2.25 bits per heavy atom. The van der Waals surface area contributed by atoms with Gasteiger partial charge in [-0.3, -0.25) is 0 Å². The van der Waals surface area contributed by atoms with E-state index in [0.717, 1.165) is 11.1 Å². The molecule has 0 aromatic heterocycles. The van der Waals surface area contributed by atoms with Crippen LogP contribution >= 0.6 is 11.6 Å². The first kappa shape index (κ1) is 11.0. The highest BCUT2D eigenvalue weighted by atomic mass is 35.5. The normalized spacial score (nSPS) is 10.7. The highest BCUT2D eigenvalue weighted by Gasteiger charge is 1.97. The van der Waals surface area contributed by atoms with Crippen LogP contribution in [-0.4, -0.2) is 12.0 Å². The molecule has 0 aliphatic heterocycles. The lowest BCUT2D eigenvalue weighted by Crippen LogP contribution is -1.98. The molecule has 0 aromatic rings. The van der Waals surface area contributed by atoms with Crippen molar-refractivity contribution in [3.8, 4) is 0 Å². The average molecular weight is 187 g/mol. The Labute approximate surface area is 77.2 Å². The third kappa shape index (κ3) is 5.74. The molecule has 3 heteroatoms. The Kier molecular flexibility index (Phi) is 5.13. The van der Waals surface area contributed by atoms with Crippen molar-refractivity contribution in [1.29, 1.82) is 0 Å². The fourth-order valence-electron chi connectivity index (χ4n) is 0.616. The Morgan fingerprint density at radius 1 is 1.67 bits per heavy atom. The first-order chi connectivity index (χ1) is 5.56. The maximum Gasteiger partial charge on any atom is 0.404 e. The quantitative estimate of drug-likeness (QED) is 0.498. The molecule has 0 amide bonds. The minimum atomic E-state index is -0.815. The minimum Gasteiger partial charge on any atom is -0.449 e. The summed E-state index contributed by atoms with van der Waals surface area (Å²) in [5.41, 5.74) is 0.830. The zero-order valence-corrected chi connectivity index (χ0v) is 7.73. The Hall–Kier alpha value is -1.02. The fourth-order valence-corrected chi connectivity index (χ4v) is 0.671. The van der Waals surface area contributed by atoms with Crippen molar-refractivity contribution in [2.75, 3.05) is 6.61 Å². The van der Waals surface area contributed by atoms with E-state index < -0.39 is 5.43 Å². The van der Waals surface area contributed by atoms with E-state index in [0.29, 0.717) is 0 Å². The van der Waals surface area contributed by atoms with Crippen molar-refractivity contribution in [3.05, 3.63) is 36.5 Å². The molecule has 0 atom stereocenters. The van der Waals surface area contributed by atoms with E-state index in [1.54, 1.807) is 12.2 Å². The van der Waals surface area contributed by atoms with Gasteiger partial charge in [0.05, 0.1) is 0 Å². The summed E-state index contributed by atoms with van der Waals surface area (Å²) in [6, 6.07) is 0. The van der Waals surface area contributed by atoms with Crippen molar-refractivity contribution in [2.45, 2.75) is 6.92 Å². The summed E-state index contributed by atoms with van der Waals surface area (Å²) in [5, 5.41) is 0. The smallest absolute Gasteiger partial charge is 0.404 e. The van der Waals surface area contributed by atoms with Gasteiger partial charge in [-0.15, -0.1) is 0 Å². The highest BCUT2D eigenvalue weighted by molar-refractivity contribution is 6.61. The van der Waals surface area contributed by atoms with E-state index in [1.165, 1.54) is 0 Å². The molecule has 0 rings (SSSR count). The molecule has 0 bridgehead atoms. The van der Waals surface area contributed by atoms with Gasteiger partial charge in [-0.25, -0.2) is 4.79 Å². The van der Waals surface area contributed by atoms with Crippen molar-refractivity contribution < 1.29 is 9.53 Å². The molecule has 0 saturated carbocycles. The summed E-state index contributed by atoms with van der Waals surface area (Å²) in [7, 11) is 0. The summed E-state index contributed by atoms with van der Waals surface area (Å²) < 4.78 is 4.54. The van der Waals surface area contributed by atoms with Gasteiger partial charge < -0.3 is 4.74 Å². The highest BCUT2D eigenvalue weighted by Crippen LogP contribution is 2.03. The number of carbonyl (C=O) groups excluding carboxylic acids is 1. The third-order valence-corrected chi connectivity index (χ3v) is 1.16. The summed E-state index contributed by atoms with van der Waals surface area (Å²) in [5.74, 6) is 0. The summed E-state index contributed by atoms with van der Waals surface area (Å²) in [6.45, 7) is 9.20. The lowest BCUT2D eigenvalue weighted by atomic mass is 10.2. The van der Waals surface area contributed by atoms with Crippen LogP contribution in [0.5, 0.6) is 0 Å². The lowest BCUT2D eigenvalue weighted by Gasteiger charge is -2.00. The van der Waals surface area contributed by atoms with Gasteiger partial charge in [0.15, 0.2) is 0 Å². The monoisotopic (exact) mass is 186 g/mol. The van der Waals surface area contributed by atoms with E-state index in [4.69, 9.17) is 11.6 Å². The molecule has 0 aliphatic rings. The summed E-state index contributed by atoms with van der Waals surface area (Å²) >= 11 is 4.97. The molecule has 0 unspecified atom stereocenters. The van der Waals surface area contributed by atoms with Crippen molar-refractivity contribution in [3.63, 3.8) is 0 Å². The second-order valence-corrected chi connectivity index (χ2v) is 2.60. The van der Waals surface area contributed by atoms with Gasteiger partial charge in [0.25, 0.3) is 0 Å². The van der Waals surface area contributed by atoms with Gasteiger partial charge in [-0.1, -0.05) is 30.9 Å². The molecule has 0 N–H and O–H groups in total. The van der Waals surface area contributed by atoms with E-state index in [2.05, 4.69) is 17.9 Å². The number of hydrogen-bond donors (Lipinski definition) is 0. The second-order valence-electron chi connectivity index (χ2n) is 2.30. The van der Waals surface area contributed by atoms with E-state index in [-0.39, 0.29) is 6.61 Å². The largest absolute Gasteiger partial charge is 0.449 e. The number of allylic oxidation sites excluding steroid dienone is 2. The second kappa shape index (κ2) is 5.61. The van der Waals surface area contributed by atoms with Crippen LogP contribution in [0, 0.1) is 0 Å². The predicted octanol–water partition coefficient (Wildman–Crippen LogP) is 3.05. The molecule has 0 spiro atoms. The summed E-state index contributed by atoms with van der Waals surface area (Å²) in [6.07, 6.45) is 3.36. The minimum absolute atomic E-state index is 0.138. The fraction of sp³-hybridized carbons (Fsp3) is 0.222. The van der Waals surface area contributed by atoms with Gasteiger partial charge in [0.1, 0.15) is 6.61 Å². The van der Waals surface area contributed by atoms with Gasteiger partial charge >= 0.3 is 5.43 Å². The molecular weight excluding hydrogens is 176 g/mol. The van der Waals surface area contributed by atoms with Crippen LogP contribution in [0.4, 0.5) is 4.79 Å². The van der Waals surface area contributed by atoms with E-state index >= 15 is 0 Å². The number of ether oxygens (including phenoxy) is 1. The van der Waals surface area contributed by atoms with Gasteiger partial charge in [0, 0.05) is 11.6 Å². The van der Waals surface area contributed by atoms with Crippen LogP contribution in [-0.2, 0) is 4.74 Å². The molecule has 0 saturated heterocycles. The van der Waals surface area contributed by atoms with Crippen LogP contribution in [0.15, 0.2) is 36.5 Å². The number of halogens is 1. The lowest BCUT2D eigenvalue weighted by molar-refractivity contribution is 0.184. The van der Waals surface area contributed by atoms with Gasteiger partial charge in [0.2, 0.25) is 0 Å². The van der Waals surface area contributed by atoms with E-state index in [1.807, 2.05) is 6.92 Å². The van der Waals surface area contributed by atoms with Gasteiger partial charge in [-0.05, 0) is 12.5 Å². The number of hydrogen-bond acceptors (Lipinski definition) is 2.